The molecular formula is C11H15NO2S. The largest absolute Gasteiger partial charge is 0.464 e. The molecule has 3 nitrogen and oxygen atoms in total. The van der Waals surface area contributed by atoms with E-state index in [-0.39, 0.29) is 12.0 Å². The minimum atomic E-state index is -0.0935. The number of carbonyl (C=O) groups excluding carboxylic acids is 1. The molecule has 0 spiro atoms. The number of rotatable bonds is 4. The predicted octanol–water partition coefficient (Wildman–Crippen LogP) is 1.59. The highest BCUT2D eigenvalue weighted by atomic mass is 32.1. The third kappa shape index (κ3) is 3.04. The third-order valence-electron chi connectivity index (χ3n) is 2.52. The summed E-state index contributed by atoms with van der Waals surface area (Å²) in [6.45, 7) is 1.43. The summed E-state index contributed by atoms with van der Waals surface area (Å²) in [6.07, 6.45) is 2.82. The Bertz CT molecular complexity index is 304. The molecule has 0 bridgehead atoms. The van der Waals surface area contributed by atoms with E-state index in [0.717, 1.165) is 25.8 Å². The van der Waals surface area contributed by atoms with Gasteiger partial charge >= 0.3 is 5.97 Å². The van der Waals surface area contributed by atoms with Crippen LogP contribution in [0.4, 0.5) is 0 Å². The Balaban J connectivity index is 1.67. The highest BCUT2D eigenvalue weighted by Gasteiger charge is 2.22. The van der Waals surface area contributed by atoms with Crippen LogP contribution in [0.15, 0.2) is 17.5 Å². The Morgan fingerprint density at radius 2 is 2.60 bits per heavy atom. The van der Waals surface area contributed by atoms with Gasteiger partial charge in [-0.05, 0) is 30.8 Å². The average Bonchev–Trinajstić information content (AvgIpc) is 2.90. The van der Waals surface area contributed by atoms with Crippen LogP contribution in [0.5, 0.6) is 0 Å². The van der Waals surface area contributed by atoms with Gasteiger partial charge in [-0.15, -0.1) is 11.3 Å². The van der Waals surface area contributed by atoms with Crippen molar-refractivity contribution in [2.24, 2.45) is 0 Å². The smallest absolute Gasteiger partial charge is 0.323 e. The van der Waals surface area contributed by atoms with Crippen LogP contribution in [0.1, 0.15) is 17.7 Å². The van der Waals surface area contributed by atoms with Gasteiger partial charge in [0.15, 0.2) is 0 Å². The molecule has 0 radical (unpaired) electrons. The Labute approximate surface area is 93.4 Å². The quantitative estimate of drug-likeness (QED) is 0.791. The molecule has 0 amide bonds. The van der Waals surface area contributed by atoms with Crippen molar-refractivity contribution in [3.63, 3.8) is 0 Å². The van der Waals surface area contributed by atoms with E-state index in [4.69, 9.17) is 4.74 Å². The molecule has 1 aromatic rings. The fourth-order valence-electron chi connectivity index (χ4n) is 1.69. The Kier molecular flexibility index (Phi) is 3.75. The van der Waals surface area contributed by atoms with Crippen molar-refractivity contribution >= 4 is 17.3 Å². The van der Waals surface area contributed by atoms with E-state index >= 15 is 0 Å². The summed E-state index contributed by atoms with van der Waals surface area (Å²) in [6, 6.07) is 4.01. The lowest BCUT2D eigenvalue weighted by atomic mass is 10.2. The second-order valence-electron chi connectivity index (χ2n) is 3.65. The van der Waals surface area contributed by atoms with Crippen molar-refractivity contribution in [2.75, 3.05) is 13.2 Å². The molecule has 2 heterocycles. The van der Waals surface area contributed by atoms with Crippen molar-refractivity contribution in [1.29, 1.82) is 0 Å². The molecule has 0 aromatic carbocycles. The Morgan fingerprint density at radius 1 is 1.67 bits per heavy atom. The van der Waals surface area contributed by atoms with Gasteiger partial charge in [0.1, 0.15) is 6.04 Å². The average molecular weight is 225 g/mol. The van der Waals surface area contributed by atoms with Crippen LogP contribution in [-0.2, 0) is 16.0 Å². The maximum atomic E-state index is 11.5. The number of esters is 1. The number of nitrogens with one attached hydrogen (secondary N) is 1. The summed E-state index contributed by atoms with van der Waals surface area (Å²) in [5, 5.41) is 5.17. The van der Waals surface area contributed by atoms with Gasteiger partial charge in [-0.3, -0.25) is 4.79 Å². The van der Waals surface area contributed by atoms with Crippen molar-refractivity contribution in [3.05, 3.63) is 22.4 Å². The predicted molar refractivity (Wildman–Crippen MR) is 60.0 cm³/mol. The van der Waals surface area contributed by atoms with Gasteiger partial charge in [0.25, 0.3) is 0 Å². The van der Waals surface area contributed by atoms with Gasteiger partial charge in [0.05, 0.1) is 6.61 Å². The first-order chi connectivity index (χ1) is 7.36. The van der Waals surface area contributed by atoms with E-state index in [9.17, 15) is 4.79 Å². The summed E-state index contributed by atoms with van der Waals surface area (Å²) in [7, 11) is 0. The molecule has 1 aliphatic rings. The van der Waals surface area contributed by atoms with E-state index in [2.05, 4.69) is 11.4 Å². The highest BCUT2D eigenvalue weighted by molar-refractivity contribution is 7.09. The monoisotopic (exact) mass is 225 g/mol. The zero-order valence-corrected chi connectivity index (χ0v) is 9.39. The second-order valence-corrected chi connectivity index (χ2v) is 4.68. The van der Waals surface area contributed by atoms with Crippen LogP contribution in [0, 0.1) is 0 Å². The van der Waals surface area contributed by atoms with E-state index < -0.39 is 0 Å². The second kappa shape index (κ2) is 5.28. The van der Waals surface area contributed by atoms with Gasteiger partial charge in [-0.1, -0.05) is 6.07 Å². The van der Waals surface area contributed by atoms with Crippen molar-refractivity contribution < 1.29 is 9.53 Å². The van der Waals surface area contributed by atoms with E-state index in [1.54, 1.807) is 11.3 Å². The first-order valence-electron chi connectivity index (χ1n) is 5.28. The minimum absolute atomic E-state index is 0.0617. The maximum Gasteiger partial charge on any atom is 0.323 e. The summed E-state index contributed by atoms with van der Waals surface area (Å²) in [5.74, 6) is -0.0935. The standard InChI is InChI=1S/C11H15NO2S/c13-11(10-4-1-6-12-10)14-7-5-9-3-2-8-15-9/h2-3,8,10,12H,1,4-7H2/t10-/m1/s1. The van der Waals surface area contributed by atoms with Crippen molar-refractivity contribution in [1.82, 2.24) is 5.32 Å². The Morgan fingerprint density at radius 3 is 3.27 bits per heavy atom. The lowest BCUT2D eigenvalue weighted by Gasteiger charge is -2.09. The summed E-state index contributed by atoms with van der Waals surface area (Å²) < 4.78 is 5.20. The first-order valence-corrected chi connectivity index (χ1v) is 6.16. The van der Waals surface area contributed by atoms with Gasteiger partial charge in [0, 0.05) is 11.3 Å². The summed E-state index contributed by atoms with van der Waals surface area (Å²) in [5.41, 5.74) is 0. The van der Waals surface area contributed by atoms with Crippen LogP contribution in [0.2, 0.25) is 0 Å². The van der Waals surface area contributed by atoms with Crippen molar-refractivity contribution in [2.45, 2.75) is 25.3 Å². The SMILES string of the molecule is O=C(OCCc1cccs1)[C@H]1CCCN1. The normalized spacial score (nSPS) is 20.4. The zero-order valence-electron chi connectivity index (χ0n) is 8.57. The van der Waals surface area contributed by atoms with Crippen LogP contribution in [0.3, 0.4) is 0 Å². The molecule has 15 heavy (non-hydrogen) atoms. The topological polar surface area (TPSA) is 38.3 Å². The van der Waals surface area contributed by atoms with E-state index in [1.165, 1.54) is 4.88 Å². The molecular weight excluding hydrogens is 210 g/mol. The molecule has 1 aromatic heterocycles. The molecule has 0 aliphatic carbocycles. The van der Waals surface area contributed by atoms with Gasteiger partial charge in [0.2, 0.25) is 0 Å². The molecule has 0 unspecified atom stereocenters. The number of thiophene rings is 1. The van der Waals surface area contributed by atoms with Crippen LogP contribution < -0.4 is 5.32 Å². The van der Waals surface area contributed by atoms with E-state index in [1.807, 2.05) is 11.4 Å². The molecule has 1 atom stereocenters. The Hall–Kier alpha value is -0.870. The van der Waals surface area contributed by atoms with Crippen LogP contribution in [0.25, 0.3) is 0 Å². The number of carbonyl (C=O) groups is 1. The fraction of sp³-hybridized carbons (Fsp3) is 0.545. The number of ether oxygens (including phenoxy) is 1. The third-order valence-corrected chi connectivity index (χ3v) is 3.45. The maximum absolute atomic E-state index is 11.5. The van der Waals surface area contributed by atoms with Crippen molar-refractivity contribution in [3.8, 4) is 0 Å². The van der Waals surface area contributed by atoms with E-state index in [0.29, 0.717) is 6.61 Å². The number of hydrogen-bond donors (Lipinski definition) is 1. The highest BCUT2D eigenvalue weighted by Crippen LogP contribution is 2.10. The number of hydrogen-bond acceptors (Lipinski definition) is 4. The lowest BCUT2D eigenvalue weighted by molar-refractivity contribution is -0.145. The molecule has 82 valence electrons. The molecule has 1 N–H and O–H groups in total. The molecule has 1 fully saturated rings. The molecule has 1 saturated heterocycles. The molecule has 4 heteroatoms. The lowest BCUT2D eigenvalue weighted by Crippen LogP contribution is -2.32. The van der Waals surface area contributed by atoms with Crippen LogP contribution in [-0.4, -0.2) is 25.2 Å². The summed E-state index contributed by atoms with van der Waals surface area (Å²) in [4.78, 5) is 12.8. The molecule has 1 aliphatic heterocycles. The zero-order chi connectivity index (χ0) is 10.5. The minimum Gasteiger partial charge on any atom is -0.464 e. The van der Waals surface area contributed by atoms with Gasteiger partial charge in [-0.25, -0.2) is 0 Å². The fourth-order valence-corrected chi connectivity index (χ4v) is 2.38. The van der Waals surface area contributed by atoms with Crippen LogP contribution >= 0.6 is 11.3 Å². The van der Waals surface area contributed by atoms with Gasteiger partial charge in [-0.2, -0.15) is 0 Å². The molecule has 0 saturated carbocycles. The summed E-state index contributed by atoms with van der Waals surface area (Å²) >= 11 is 1.70. The first kappa shape index (κ1) is 10.6. The van der Waals surface area contributed by atoms with Gasteiger partial charge < -0.3 is 10.1 Å². The molecule has 2 rings (SSSR count).